The van der Waals surface area contributed by atoms with Gasteiger partial charge in [0.2, 0.25) is 6.29 Å². The van der Waals surface area contributed by atoms with Gasteiger partial charge in [-0.1, -0.05) is 16.3 Å². The molecule has 0 saturated carbocycles. The molecule has 2 amide bonds. The molecule has 11 atom stereocenters. The number of rotatable bonds is 27. The van der Waals surface area contributed by atoms with Gasteiger partial charge in [0.1, 0.15) is 54.2 Å². The number of carbonyl (C=O) groups excluding carboxylic acids is 2. The molecule has 9 N–H and O–H groups in total. The summed E-state index contributed by atoms with van der Waals surface area (Å²) in [5.41, 5.74) is 10.2. The summed E-state index contributed by atoms with van der Waals surface area (Å²) in [4.78, 5) is 53.8. The lowest BCUT2D eigenvalue weighted by Gasteiger charge is -2.39. The summed E-state index contributed by atoms with van der Waals surface area (Å²) in [6.45, 7) is 2.20. The van der Waals surface area contributed by atoms with Crippen LogP contribution in [0.15, 0.2) is 77.0 Å². The summed E-state index contributed by atoms with van der Waals surface area (Å²) in [6, 6.07) is 15.9. The molecule has 4 heterocycles. The molecule has 4 aromatic carbocycles. The first-order valence-corrected chi connectivity index (χ1v) is 28.1. The van der Waals surface area contributed by atoms with Gasteiger partial charge < -0.3 is 102 Å². The molecular weight excluding hydrogens is 1170 g/mol. The van der Waals surface area contributed by atoms with Crippen molar-refractivity contribution in [2.75, 3.05) is 90.8 Å². The van der Waals surface area contributed by atoms with Crippen molar-refractivity contribution in [3.63, 3.8) is 0 Å². The number of azide groups is 1. The molecule has 3 aliphatic heterocycles. The van der Waals surface area contributed by atoms with Gasteiger partial charge in [0.15, 0.2) is 23.4 Å². The number of hydrogen-bond donors (Lipinski definition) is 9. The number of anilines is 1. The van der Waals surface area contributed by atoms with Crippen molar-refractivity contribution in [2.45, 2.75) is 74.3 Å². The van der Waals surface area contributed by atoms with E-state index >= 15 is 0 Å². The van der Waals surface area contributed by atoms with Gasteiger partial charge in [-0.15, -0.1) is 20.0 Å². The van der Waals surface area contributed by atoms with Crippen molar-refractivity contribution >= 4 is 72.9 Å². The number of aliphatic carboxylic acids is 1. The Morgan fingerprint density at radius 2 is 1.48 bits per heavy atom. The number of fused-ring (bicyclic) bond motifs is 4. The molecule has 460 valence electrons. The summed E-state index contributed by atoms with van der Waals surface area (Å²) in [5, 5.41) is 90.1. The largest absolute Gasteiger partial charge is 0.501 e. The standard InChI is InChI=1S/C53H62ClN7O23S/c1-26(58-82-53-47(68)44(65)45(66)48(81-53)51(71)72)27-4-8-34-29(18-27)19-35(57-34)50(70)61-24-30(23-54)41-33-21-31(75-3)6-7-32(33)38(22-36(41)61)83-85(73,74)84-39-20-28(5-9-37(39)79-52-46(67)43(64)42(63)40(25-62)80-52)49(69)60(2)11-13-77-15-17-78-16-14-76-12-10-56-59-55/h4-9,18-22,30,40,42-48,52-53,57,62-68H,10-17,23-25H2,1-3H3,(H,71,72)/b58-26+/t30-,40-,42-,43+,44+,45+,46-,47-,48+,52-,53+/m1/s1. The summed E-state index contributed by atoms with van der Waals surface area (Å²) < 4.78 is 78.5. The zero-order valence-electron chi connectivity index (χ0n) is 45.7. The van der Waals surface area contributed by atoms with E-state index in [1.165, 1.54) is 49.1 Å². The third kappa shape index (κ3) is 14.7. The Labute approximate surface area is 489 Å². The number of alkyl halides is 1. The average Bonchev–Trinajstić information content (AvgIpc) is 1.97. The van der Waals surface area contributed by atoms with Crippen molar-refractivity contribution in [1.82, 2.24) is 9.88 Å². The monoisotopic (exact) mass is 1230 g/mol. The van der Waals surface area contributed by atoms with Crippen LogP contribution in [0.2, 0.25) is 0 Å². The molecule has 0 radical (unpaired) electrons. The van der Waals surface area contributed by atoms with Gasteiger partial charge in [-0.3, -0.25) is 9.59 Å². The minimum Gasteiger partial charge on any atom is -0.497 e. The summed E-state index contributed by atoms with van der Waals surface area (Å²) in [6.07, 6.45) is -18.2. The Kier molecular flexibility index (Phi) is 21.3. The molecule has 5 aromatic rings. The Hall–Kier alpha value is -7.17. The Morgan fingerprint density at radius 3 is 2.18 bits per heavy atom. The lowest BCUT2D eigenvalue weighted by molar-refractivity contribution is -0.294. The number of halogens is 1. The van der Waals surface area contributed by atoms with Gasteiger partial charge in [-0.25, -0.2) is 4.79 Å². The second-order valence-electron chi connectivity index (χ2n) is 19.6. The molecule has 0 unspecified atom stereocenters. The van der Waals surface area contributed by atoms with Crippen LogP contribution >= 0.6 is 11.6 Å². The molecule has 85 heavy (non-hydrogen) atoms. The van der Waals surface area contributed by atoms with E-state index < -0.39 is 114 Å². The second kappa shape index (κ2) is 28.4. The predicted octanol–water partition coefficient (Wildman–Crippen LogP) is 1.26. The van der Waals surface area contributed by atoms with Crippen molar-refractivity contribution in [2.24, 2.45) is 10.3 Å². The van der Waals surface area contributed by atoms with Gasteiger partial charge in [0, 0.05) is 71.3 Å². The first-order valence-electron chi connectivity index (χ1n) is 26.2. The number of aliphatic hydroxyl groups is 7. The van der Waals surface area contributed by atoms with Crippen LogP contribution in [0.25, 0.3) is 32.1 Å². The minimum absolute atomic E-state index is 0.00439. The van der Waals surface area contributed by atoms with Crippen molar-refractivity contribution in [3.05, 3.63) is 99.6 Å². The highest BCUT2D eigenvalue weighted by Crippen LogP contribution is 2.48. The predicted molar refractivity (Wildman–Crippen MR) is 296 cm³/mol. The van der Waals surface area contributed by atoms with E-state index in [4.69, 9.17) is 63.5 Å². The Morgan fingerprint density at radius 1 is 0.800 bits per heavy atom. The maximum absolute atomic E-state index is 14.7. The number of ether oxygens (including phenoxy) is 7. The van der Waals surface area contributed by atoms with Crippen LogP contribution in [-0.2, 0) is 43.7 Å². The van der Waals surface area contributed by atoms with Crippen LogP contribution in [0, 0.1) is 0 Å². The number of nitrogens with one attached hydrogen (secondary N) is 1. The normalized spacial score (nSPS) is 24.2. The number of likely N-dealkylation sites (N-methyl/N-ethyl adjacent to an activating group) is 1. The van der Waals surface area contributed by atoms with Crippen LogP contribution in [-0.4, -0.2) is 230 Å². The second-order valence-corrected chi connectivity index (χ2v) is 21.0. The maximum Gasteiger partial charge on any atom is 0.501 e. The highest BCUT2D eigenvalue weighted by atomic mass is 35.5. The summed E-state index contributed by atoms with van der Waals surface area (Å²) in [7, 11) is -2.45. The first kappa shape index (κ1) is 63.8. The molecule has 8 rings (SSSR count). The van der Waals surface area contributed by atoms with Crippen molar-refractivity contribution < 1.29 is 110 Å². The minimum atomic E-state index is -5.33. The molecule has 32 heteroatoms. The Balaban J connectivity index is 1.04. The molecule has 3 aliphatic rings. The average molecular weight is 1230 g/mol. The lowest BCUT2D eigenvalue weighted by atomic mass is 9.95. The van der Waals surface area contributed by atoms with Gasteiger partial charge in [0.25, 0.3) is 18.1 Å². The van der Waals surface area contributed by atoms with Gasteiger partial charge in [-0.2, -0.15) is 0 Å². The number of aromatic nitrogens is 1. The fraction of sp³-hybridized carbons (Fsp3) is 0.472. The van der Waals surface area contributed by atoms with E-state index in [1.54, 1.807) is 36.4 Å². The number of nitrogens with zero attached hydrogens (tertiary/aromatic N) is 6. The molecule has 0 aliphatic carbocycles. The van der Waals surface area contributed by atoms with Gasteiger partial charge in [0.05, 0.1) is 64.8 Å². The third-order valence-electron chi connectivity index (χ3n) is 14.0. The van der Waals surface area contributed by atoms with Crippen molar-refractivity contribution in [1.29, 1.82) is 0 Å². The number of H-pyrrole nitrogens is 1. The zero-order chi connectivity index (χ0) is 61.3. The highest BCUT2D eigenvalue weighted by molar-refractivity contribution is 7.82. The maximum atomic E-state index is 14.7. The van der Waals surface area contributed by atoms with Crippen LogP contribution in [0.1, 0.15) is 44.8 Å². The fourth-order valence-electron chi connectivity index (χ4n) is 9.44. The zero-order valence-corrected chi connectivity index (χ0v) is 47.2. The lowest BCUT2D eigenvalue weighted by Crippen LogP contribution is -2.60. The van der Waals surface area contributed by atoms with E-state index in [1.807, 2.05) is 0 Å². The molecule has 1 aromatic heterocycles. The summed E-state index contributed by atoms with van der Waals surface area (Å²) in [5.74, 6) is -4.49. The molecule has 30 nitrogen and oxygen atoms in total. The van der Waals surface area contributed by atoms with E-state index in [9.17, 15) is 63.7 Å². The molecular formula is C53H62ClN7O23S. The molecule has 0 spiro atoms. The van der Waals surface area contributed by atoms with Crippen LogP contribution in [0.3, 0.4) is 0 Å². The number of benzene rings is 4. The molecule has 2 fully saturated rings. The number of oxime groups is 1. The topological polar surface area (TPSA) is 423 Å². The first-order chi connectivity index (χ1) is 40.7. The van der Waals surface area contributed by atoms with Crippen molar-refractivity contribution in [3.8, 4) is 23.0 Å². The van der Waals surface area contributed by atoms with E-state index in [-0.39, 0.29) is 98.9 Å². The fourth-order valence-corrected chi connectivity index (χ4v) is 10.4. The third-order valence-corrected chi connectivity index (χ3v) is 15.1. The Bertz CT molecular complexity index is 3400. The van der Waals surface area contributed by atoms with Gasteiger partial charge in [-0.05, 0) is 83.6 Å². The number of carboxylic acid groups (broad SMARTS) is 1. The van der Waals surface area contributed by atoms with E-state index in [0.717, 1.165) is 12.1 Å². The summed E-state index contributed by atoms with van der Waals surface area (Å²) >= 11 is 6.60. The number of aliphatic hydroxyl groups excluding tert-OH is 7. The smallest absolute Gasteiger partial charge is 0.497 e. The quantitative estimate of drug-likeness (QED) is 0.00679. The van der Waals surface area contributed by atoms with Crippen LogP contribution in [0.4, 0.5) is 5.69 Å². The van der Waals surface area contributed by atoms with E-state index in [0.29, 0.717) is 33.2 Å². The molecule has 2 saturated heterocycles. The highest BCUT2D eigenvalue weighted by Gasteiger charge is 2.49. The number of aromatic amines is 1. The number of carbonyl (C=O) groups is 3. The van der Waals surface area contributed by atoms with E-state index in [2.05, 4.69) is 20.2 Å². The SMILES string of the molecule is COc1ccc2c(OS(=O)(=O)Oc3cc(C(=O)N(C)CCOCCOCCOCCN=[N+]=[N-])ccc3O[C@@H]3O[C@H](CO)[C@@H](O)[C@H](O)[C@H]3O)cc3c(c2c1)[C@H](CCl)CN3C(=O)c1cc2cc(/C(C)=N/O[C@@H]3O[C@H](C(=O)O)[C@@H](O)[C@H](O)[C@H]3O)ccc2[nH]1. The number of carboxylic acids is 1. The van der Waals surface area contributed by atoms with Gasteiger partial charge >= 0.3 is 16.4 Å². The number of amides is 2. The molecule has 0 bridgehead atoms. The number of methoxy groups -OCH3 is 1. The van der Waals surface area contributed by atoms with Crippen LogP contribution in [0.5, 0.6) is 23.0 Å². The van der Waals surface area contributed by atoms with Crippen LogP contribution < -0.4 is 22.7 Å². The number of hydrogen-bond acceptors (Lipinski definition) is 24.